The quantitative estimate of drug-likeness (QED) is 0.718. The average Bonchev–Trinajstić information content (AvgIpc) is 3.30. The van der Waals surface area contributed by atoms with E-state index in [1.165, 1.54) is 10.4 Å². The normalized spacial score (nSPS) is 13.6. The minimum Gasteiger partial charge on any atom is -0.497 e. The summed E-state index contributed by atoms with van der Waals surface area (Å²) < 4.78 is 11.0. The van der Waals surface area contributed by atoms with Crippen molar-refractivity contribution in [3.05, 3.63) is 64.0 Å². The molecule has 0 radical (unpaired) electrons. The highest BCUT2D eigenvalue weighted by molar-refractivity contribution is 7.10. The van der Waals surface area contributed by atoms with E-state index in [1.807, 2.05) is 35.2 Å². The number of hydrogen-bond acceptors (Lipinski definition) is 4. The summed E-state index contributed by atoms with van der Waals surface area (Å²) in [5, 5.41) is 2.09. The Bertz CT molecular complexity index is 863. The van der Waals surface area contributed by atoms with Crippen LogP contribution in [-0.2, 0) is 13.0 Å². The van der Waals surface area contributed by atoms with E-state index in [0.717, 1.165) is 24.3 Å². The maximum atomic E-state index is 12.7. The van der Waals surface area contributed by atoms with Crippen LogP contribution in [0.5, 0.6) is 5.75 Å². The lowest BCUT2D eigenvalue weighted by Gasteiger charge is -2.26. The molecule has 4 rings (SSSR count). The molecule has 0 atom stereocenters. The van der Waals surface area contributed by atoms with Crippen LogP contribution in [0.3, 0.4) is 0 Å². The topological polar surface area (TPSA) is 42.7 Å². The van der Waals surface area contributed by atoms with Crippen LogP contribution in [0.15, 0.2) is 52.3 Å². The molecule has 0 spiro atoms. The first-order valence-corrected chi connectivity index (χ1v) is 8.71. The van der Waals surface area contributed by atoms with Crippen LogP contribution in [0.25, 0.3) is 11.3 Å². The molecule has 3 heterocycles. The van der Waals surface area contributed by atoms with Crippen molar-refractivity contribution in [3.63, 3.8) is 0 Å². The first kappa shape index (κ1) is 15.0. The van der Waals surface area contributed by atoms with Crippen LogP contribution < -0.4 is 4.74 Å². The first-order valence-electron chi connectivity index (χ1n) is 7.83. The lowest BCUT2D eigenvalue weighted by Crippen LogP contribution is -2.35. The third-order valence-corrected chi connectivity index (χ3v) is 5.31. The van der Waals surface area contributed by atoms with Gasteiger partial charge in [-0.3, -0.25) is 4.79 Å². The number of hydrogen-bond donors (Lipinski definition) is 0. The Morgan fingerprint density at radius 3 is 2.79 bits per heavy atom. The van der Waals surface area contributed by atoms with E-state index in [-0.39, 0.29) is 5.91 Å². The van der Waals surface area contributed by atoms with Crippen molar-refractivity contribution in [3.8, 4) is 17.1 Å². The fourth-order valence-electron chi connectivity index (χ4n) is 2.94. The van der Waals surface area contributed by atoms with Crippen molar-refractivity contribution in [2.45, 2.75) is 13.0 Å². The zero-order valence-electron chi connectivity index (χ0n) is 13.3. The third kappa shape index (κ3) is 2.71. The summed E-state index contributed by atoms with van der Waals surface area (Å²) in [6, 6.07) is 13.3. The Morgan fingerprint density at radius 1 is 1.17 bits per heavy atom. The number of rotatable bonds is 3. The van der Waals surface area contributed by atoms with Gasteiger partial charge >= 0.3 is 0 Å². The molecule has 2 aromatic heterocycles. The molecule has 0 saturated heterocycles. The van der Waals surface area contributed by atoms with Crippen LogP contribution in [0.1, 0.15) is 21.0 Å². The standard InChI is InChI=1S/C19H17NO3S/c1-22-15-4-2-13(3-5-15)16-6-7-17(23-16)19(21)20-10-8-18-14(12-20)9-11-24-18/h2-7,9,11H,8,10,12H2,1H3. The Hall–Kier alpha value is -2.53. The highest BCUT2D eigenvalue weighted by Crippen LogP contribution is 2.28. The molecule has 0 N–H and O–H groups in total. The van der Waals surface area contributed by atoms with Crippen LogP contribution >= 0.6 is 11.3 Å². The van der Waals surface area contributed by atoms with Gasteiger partial charge in [-0.2, -0.15) is 0 Å². The Morgan fingerprint density at radius 2 is 2.00 bits per heavy atom. The Balaban J connectivity index is 1.53. The van der Waals surface area contributed by atoms with E-state index < -0.39 is 0 Å². The fraction of sp³-hybridized carbons (Fsp3) is 0.211. The van der Waals surface area contributed by atoms with E-state index in [1.54, 1.807) is 24.5 Å². The van der Waals surface area contributed by atoms with Gasteiger partial charge in [-0.05, 0) is 59.8 Å². The number of benzene rings is 1. The zero-order valence-corrected chi connectivity index (χ0v) is 14.1. The molecule has 0 aliphatic carbocycles. The Kier molecular flexibility index (Phi) is 3.86. The molecule has 0 bridgehead atoms. The first-order chi connectivity index (χ1) is 11.7. The maximum absolute atomic E-state index is 12.7. The summed E-state index contributed by atoms with van der Waals surface area (Å²) >= 11 is 1.77. The minimum absolute atomic E-state index is 0.0494. The number of nitrogens with zero attached hydrogens (tertiary/aromatic N) is 1. The van der Waals surface area contributed by atoms with Gasteiger partial charge in [0, 0.05) is 23.5 Å². The smallest absolute Gasteiger partial charge is 0.289 e. The second kappa shape index (κ2) is 6.17. The van der Waals surface area contributed by atoms with E-state index in [2.05, 4.69) is 11.4 Å². The predicted octanol–water partition coefficient (Wildman–Crippen LogP) is 4.22. The summed E-state index contributed by atoms with van der Waals surface area (Å²) in [7, 11) is 1.64. The van der Waals surface area contributed by atoms with E-state index in [4.69, 9.17) is 9.15 Å². The molecule has 24 heavy (non-hydrogen) atoms. The van der Waals surface area contributed by atoms with Crippen molar-refractivity contribution in [1.82, 2.24) is 4.90 Å². The summed E-state index contributed by atoms with van der Waals surface area (Å²) in [6.07, 6.45) is 0.921. The van der Waals surface area contributed by atoms with E-state index in [0.29, 0.717) is 18.1 Å². The van der Waals surface area contributed by atoms with Crippen LogP contribution in [-0.4, -0.2) is 24.5 Å². The van der Waals surface area contributed by atoms with Crippen molar-refractivity contribution in [1.29, 1.82) is 0 Å². The van der Waals surface area contributed by atoms with Gasteiger partial charge in [-0.15, -0.1) is 11.3 Å². The molecule has 5 heteroatoms. The largest absolute Gasteiger partial charge is 0.497 e. The summed E-state index contributed by atoms with van der Waals surface area (Å²) in [5.41, 5.74) is 2.18. The van der Waals surface area contributed by atoms with Crippen molar-refractivity contribution < 1.29 is 13.9 Å². The second-order valence-electron chi connectivity index (χ2n) is 5.74. The third-order valence-electron chi connectivity index (χ3n) is 4.29. The molecule has 1 aliphatic heterocycles. The molecular formula is C19H17NO3S. The number of thiophene rings is 1. The summed E-state index contributed by atoms with van der Waals surface area (Å²) in [4.78, 5) is 15.9. The molecule has 0 fully saturated rings. The summed E-state index contributed by atoms with van der Waals surface area (Å²) in [5.74, 6) is 1.82. The molecule has 1 amide bonds. The van der Waals surface area contributed by atoms with Gasteiger partial charge in [0.25, 0.3) is 5.91 Å². The highest BCUT2D eigenvalue weighted by Gasteiger charge is 2.24. The average molecular weight is 339 g/mol. The van der Waals surface area contributed by atoms with Crippen LogP contribution in [0, 0.1) is 0 Å². The predicted molar refractivity (Wildman–Crippen MR) is 93.5 cm³/mol. The second-order valence-corrected chi connectivity index (χ2v) is 6.74. The highest BCUT2D eigenvalue weighted by atomic mass is 32.1. The van der Waals surface area contributed by atoms with Gasteiger partial charge < -0.3 is 14.1 Å². The van der Waals surface area contributed by atoms with E-state index >= 15 is 0 Å². The molecule has 0 unspecified atom stereocenters. The lowest BCUT2D eigenvalue weighted by atomic mass is 10.1. The van der Waals surface area contributed by atoms with E-state index in [9.17, 15) is 4.79 Å². The Labute approximate surface area is 144 Å². The number of methoxy groups -OCH3 is 1. The van der Waals surface area contributed by atoms with Gasteiger partial charge in [0.2, 0.25) is 0 Å². The number of fused-ring (bicyclic) bond motifs is 1. The molecule has 3 aromatic rings. The van der Waals surface area contributed by atoms with Crippen molar-refractivity contribution >= 4 is 17.2 Å². The lowest BCUT2D eigenvalue weighted by molar-refractivity contribution is 0.0704. The molecule has 0 saturated carbocycles. The fourth-order valence-corrected chi connectivity index (χ4v) is 3.83. The molecule has 4 nitrogen and oxygen atoms in total. The number of amides is 1. The van der Waals surface area contributed by atoms with Crippen molar-refractivity contribution in [2.75, 3.05) is 13.7 Å². The monoisotopic (exact) mass is 339 g/mol. The number of ether oxygens (including phenoxy) is 1. The minimum atomic E-state index is -0.0494. The molecule has 122 valence electrons. The van der Waals surface area contributed by atoms with Gasteiger partial charge in [-0.25, -0.2) is 0 Å². The number of carbonyl (C=O) groups is 1. The maximum Gasteiger partial charge on any atom is 0.289 e. The molecular weight excluding hydrogens is 322 g/mol. The zero-order chi connectivity index (χ0) is 16.5. The van der Waals surface area contributed by atoms with Gasteiger partial charge in [0.05, 0.1) is 7.11 Å². The number of carbonyl (C=O) groups excluding carboxylic acids is 1. The molecule has 1 aromatic carbocycles. The molecule has 1 aliphatic rings. The van der Waals surface area contributed by atoms with Gasteiger partial charge in [-0.1, -0.05) is 0 Å². The van der Waals surface area contributed by atoms with Gasteiger partial charge in [0.1, 0.15) is 11.5 Å². The van der Waals surface area contributed by atoms with Crippen molar-refractivity contribution in [2.24, 2.45) is 0 Å². The van der Waals surface area contributed by atoms with Crippen LogP contribution in [0.2, 0.25) is 0 Å². The van der Waals surface area contributed by atoms with Gasteiger partial charge in [0.15, 0.2) is 5.76 Å². The number of furan rings is 1. The SMILES string of the molecule is COc1ccc(-c2ccc(C(=O)N3CCc4sccc4C3)o2)cc1. The summed E-state index contributed by atoms with van der Waals surface area (Å²) in [6.45, 7) is 1.40. The van der Waals surface area contributed by atoms with Crippen LogP contribution in [0.4, 0.5) is 0 Å².